The lowest BCUT2D eigenvalue weighted by Gasteiger charge is -2.33. The lowest BCUT2D eigenvalue weighted by atomic mass is 9.80. The van der Waals surface area contributed by atoms with Gasteiger partial charge in [0.2, 0.25) is 0 Å². The third kappa shape index (κ3) is 4.26. The lowest BCUT2D eigenvalue weighted by Crippen LogP contribution is -2.27. The van der Waals surface area contributed by atoms with E-state index in [-0.39, 0.29) is 12.1 Å². The number of fused-ring (bicyclic) bond motifs is 2. The summed E-state index contributed by atoms with van der Waals surface area (Å²) in [4.78, 5) is 13.7. The predicted molar refractivity (Wildman–Crippen MR) is 140 cm³/mol. The summed E-state index contributed by atoms with van der Waals surface area (Å²) in [7, 11) is 2.07. The summed E-state index contributed by atoms with van der Waals surface area (Å²) in [5.41, 5.74) is 7.30. The van der Waals surface area contributed by atoms with Crippen molar-refractivity contribution in [2.75, 3.05) is 5.32 Å². The van der Waals surface area contributed by atoms with Crippen molar-refractivity contribution in [3.05, 3.63) is 85.1 Å². The molecule has 3 aromatic heterocycles. The zero-order chi connectivity index (χ0) is 23.8. The van der Waals surface area contributed by atoms with Crippen LogP contribution < -0.4 is 5.32 Å². The highest BCUT2D eigenvalue weighted by molar-refractivity contribution is 5.97. The number of aliphatic hydroxyl groups is 1. The van der Waals surface area contributed by atoms with E-state index in [4.69, 9.17) is 0 Å². The van der Waals surface area contributed by atoms with Gasteiger partial charge in [-0.05, 0) is 78.4 Å². The van der Waals surface area contributed by atoms with Crippen LogP contribution in [0.15, 0.2) is 79.5 Å². The molecule has 1 aliphatic carbocycles. The summed E-state index contributed by atoms with van der Waals surface area (Å²) >= 11 is 0. The summed E-state index contributed by atoms with van der Waals surface area (Å²) in [5.74, 6) is 0.420. The molecule has 0 amide bonds. The number of nitrogens with zero attached hydrogens (tertiary/aromatic N) is 4. The Morgan fingerprint density at radius 2 is 1.83 bits per heavy atom. The van der Waals surface area contributed by atoms with E-state index in [9.17, 15) is 5.11 Å². The average Bonchev–Trinajstić information content (AvgIpc) is 3.28. The summed E-state index contributed by atoms with van der Waals surface area (Å²) in [5, 5.41) is 15.1. The van der Waals surface area contributed by atoms with Gasteiger partial charge in [-0.15, -0.1) is 0 Å². The van der Waals surface area contributed by atoms with Gasteiger partial charge < -0.3 is 15.0 Å². The first-order valence-corrected chi connectivity index (χ1v) is 12.3. The molecule has 0 radical (unpaired) electrons. The highest BCUT2D eigenvalue weighted by Crippen LogP contribution is 2.39. The van der Waals surface area contributed by atoms with E-state index in [2.05, 4.69) is 80.5 Å². The fourth-order valence-electron chi connectivity index (χ4n) is 5.46. The Kier molecular flexibility index (Phi) is 5.66. The molecule has 1 fully saturated rings. The highest BCUT2D eigenvalue weighted by atomic mass is 16.3. The quantitative estimate of drug-likeness (QED) is 0.340. The van der Waals surface area contributed by atoms with Gasteiger partial charge in [-0.25, -0.2) is 0 Å². The number of rotatable bonds is 5. The number of benzene rings is 2. The van der Waals surface area contributed by atoms with E-state index in [1.807, 2.05) is 18.5 Å². The first-order chi connectivity index (χ1) is 17.2. The van der Waals surface area contributed by atoms with Crippen LogP contribution in [0.1, 0.15) is 37.3 Å². The van der Waals surface area contributed by atoms with Crippen LogP contribution in [-0.4, -0.2) is 30.7 Å². The molecule has 35 heavy (non-hydrogen) atoms. The number of nitrogens with one attached hydrogen (secondary N) is 1. The highest BCUT2D eigenvalue weighted by Gasteiger charge is 2.28. The van der Waals surface area contributed by atoms with Gasteiger partial charge in [0.05, 0.1) is 23.2 Å². The largest absolute Gasteiger partial charge is 0.393 e. The molecule has 0 spiro atoms. The Bertz CT molecular complexity index is 1470. The van der Waals surface area contributed by atoms with Crippen LogP contribution in [0.3, 0.4) is 0 Å². The number of hydrogen-bond donors (Lipinski definition) is 2. The fourth-order valence-corrected chi connectivity index (χ4v) is 5.46. The van der Waals surface area contributed by atoms with Gasteiger partial charge in [-0.1, -0.05) is 18.2 Å². The summed E-state index contributed by atoms with van der Waals surface area (Å²) < 4.78 is 2.14. The van der Waals surface area contributed by atoms with Gasteiger partial charge in [-0.3, -0.25) is 15.0 Å². The second-order valence-electron chi connectivity index (χ2n) is 9.63. The van der Waals surface area contributed by atoms with Crippen molar-refractivity contribution in [2.45, 2.75) is 37.8 Å². The molecule has 0 bridgehead atoms. The molecule has 6 nitrogen and oxygen atoms in total. The van der Waals surface area contributed by atoms with Crippen molar-refractivity contribution < 1.29 is 5.11 Å². The Morgan fingerprint density at radius 3 is 2.66 bits per heavy atom. The topological polar surface area (TPSA) is 75.9 Å². The third-order valence-electron chi connectivity index (χ3n) is 7.35. The summed E-state index contributed by atoms with van der Waals surface area (Å²) in [6.07, 6.45) is 12.8. The molecule has 2 aromatic carbocycles. The smallest absolute Gasteiger partial charge is 0.0966 e. The van der Waals surface area contributed by atoms with Gasteiger partial charge in [0.15, 0.2) is 0 Å². The van der Waals surface area contributed by atoms with E-state index >= 15 is 0 Å². The monoisotopic (exact) mass is 463 g/mol. The first kappa shape index (κ1) is 21.7. The van der Waals surface area contributed by atoms with Gasteiger partial charge in [0.1, 0.15) is 0 Å². The minimum absolute atomic E-state index is 0.105. The Labute approximate surface area is 204 Å². The number of aryl methyl sites for hydroxylation is 1. The number of aromatic nitrogens is 4. The van der Waals surface area contributed by atoms with Crippen molar-refractivity contribution in [3.63, 3.8) is 0 Å². The number of pyridine rings is 1. The van der Waals surface area contributed by atoms with E-state index in [0.717, 1.165) is 53.5 Å². The Hall–Kier alpha value is -3.77. The normalized spacial score (nSPS) is 19.1. The molecule has 2 N–H and O–H groups in total. The lowest BCUT2D eigenvalue weighted by molar-refractivity contribution is 0.103. The Morgan fingerprint density at radius 1 is 0.971 bits per heavy atom. The summed E-state index contributed by atoms with van der Waals surface area (Å²) in [6, 6.07) is 17.2. The van der Waals surface area contributed by atoms with Crippen LogP contribution in [0.5, 0.6) is 0 Å². The number of hydrogen-bond acceptors (Lipinski definition) is 5. The van der Waals surface area contributed by atoms with Crippen LogP contribution in [0.4, 0.5) is 5.69 Å². The molecule has 1 unspecified atom stereocenters. The Balaban J connectivity index is 1.44. The molecule has 0 aliphatic heterocycles. The number of anilines is 1. The van der Waals surface area contributed by atoms with Crippen molar-refractivity contribution in [1.82, 2.24) is 19.5 Å². The standard InChI is InChI=1S/C29H29N5O/c1-34-14-10-19-4-5-21(15-27(19)34)25-16-23(17-26-29(25)32-13-12-31-26)33-28(22-3-2-11-30-18-22)20-6-8-24(35)9-7-20/h2-5,10-18,20,24,28,33,35H,6-9H2,1H3. The van der Waals surface area contributed by atoms with Gasteiger partial charge in [0, 0.05) is 54.8 Å². The van der Waals surface area contributed by atoms with Gasteiger partial charge in [-0.2, -0.15) is 0 Å². The molecule has 6 rings (SSSR count). The molecule has 6 heteroatoms. The van der Waals surface area contributed by atoms with Gasteiger partial charge in [0.25, 0.3) is 0 Å². The molecule has 1 atom stereocenters. The van der Waals surface area contributed by atoms with E-state index in [1.165, 1.54) is 16.5 Å². The molecule has 0 saturated heterocycles. The van der Waals surface area contributed by atoms with E-state index in [0.29, 0.717) is 5.92 Å². The maximum absolute atomic E-state index is 10.1. The zero-order valence-corrected chi connectivity index (χ0v) is 19.8. The van der Waals surface area contributed by atoms with Crippen LogP contribution >= 0.6 is 0 Å². The van der Waals surface area contributed by atoms with Crippen molar-refractivity contribution >= 4 is 27.6 Å². The fraction of sp³-hybridized carbons (Fsp3) is 0.276. The maximum Gasteiger partial charge on any atom is 0.0966 e. The predicted octanol–water partition coefficient (Wildman–Crippen LogP) is 5.89. The molecule has 5 aromatic rings. The molecular weight excluding hydrogens is 434 g/mol. The average molecular weight is 464 g/mol. The minimum atomic E-state index is -0.184. The molecule has 1 aliphatic rings. The van der Waals surface area contributed by atoms with Crippen LogP contribution in [0.25, 0.3) is 33.1 Å². The zero-order valence-electron chi connectivity index (χ0n) is 19.8. The second kappa shape index (κ2) is 9.12. The molecule has 1 saturated carbocycles. The SMILES string of the molecule is Cn1ccc2ccc(-c3cc(NC(c4cccnc4)C4CCC(O)CC4)cc4nccnc34)cc21. The first-order valence-electron chi connectivity index (χ1n) is 12.3. The second-order valence-corrected chi connectivity index (χ2v) is 9.63. The molecule has 3 heterocycles. The van der Waals surface area contributed by atoms with Crippen LogP contribution in [0.2, 0.25) is 0 Å². The summed E-state index contributed by atoms with van der Waals surface area (Å²) in [6.45, 7) is 0. The molecular formula is C29H29N5O. The van der Waals surface area contributed by atoms with Crippen LogP contribution in [0, 0.1) is 5.92 Å². The van der Waals surface area contributed by atoms with Crippen molar-refractivity contribution in [2.24, 2.45) is 13.0 Å². The van der Waals surface area contributed by atoms with E-state index < -0.39 is 0 Å². The van der Waals surface area contributed by atoms with Crippen molar-refractivity contribution in [3.8, 4) is 11.1 Å². The maximum atomic E-state index is 10.1. The third-order valence-corrected chi connectivity index (χ3v) is 7.35. The molecule has 176 valence electrons. The van der Waals surface area contributed by atoms with Gasteiger partial charge >= 0.3 is 0 Å². The van der Waals surface area contributed by atoms with E-state index in [1.54, 1.807) is 12.4 Å². The van der Waals surface area contributed by atoms with Crippen molar-refractivity contribution in [1.29, 1.82) is 0 Å². The minimum Gasteiger partial charge on any atom is -0.393 e. The number of aliphatic hydroxyl groups excluding tert-OH is 1. The van der Waals surface area contributed by atoms with Crippen LogP contribution in [-0.2, 0) is 7.05 Å².